The maximum atomic E-state index is 11.6. The van der Waals surface area contributed by atoms with Crippen molar-refractivity contribution in [3.63, 3.8) is 0 Å². The van der Waals surface area contributed by atoms with E-state index < -0.39 is 23.8 Å². The number of carbonyl (C=O) groups is 2. The molecular weight excluding hydrogens is 248 g/mol. The minimum atomic E-state index is -1.35. The van der Waals surface area contributed by atoms with Gasteiger partial charge in [-0.05, 0) is 24.6 Å². The Morgan fingerprint density at radius 1 is 1.16 bits per heavy atom. The lowest BCUT2D eigenvalue weighted by atomic mass is 10.2. The van der Waals surface area contributed by atoms with Crippen molar-refractivity contribution >= 4 is 17.6 Å². The molecule has 1 aliphatic heterocycles. The van der Waals surface area contributed by atoms with Crippen LogP contribution in [-0.4, -0.2) is 23.8 Å². The number of carbonyl (C=O) groups excluding carboxylic acids is 2. The molecule has 1 aromatic carbocycles. The fourth-order valence-electron chi connectivity index (χ4n) is 1.62. The lowest BCUT2D eigenvalue weighted by Crippen LogP contribution is -2.48. The molecule has 0 atom stereocenters. The maximum Gasteiger partial charge on any atom is 0.347 e. The van der Waals surface area contributed by atoms with Gasteiger partial charge in [0.15, 0.2) is 0 Å². The number of hydrogen-bond acceptors (Lipinski definition) is 6. The zero-order chi connectivity index (χ0) is 14.0. The van der Waals surface area contributed by atoms with Crippen molar-refractivity contribution in [3.8, 4) is 0 Å². The lowest BCUT2D eigenvalue weighted by Gasteiger charge is -2.30. The van der Waals surface area contributed by atoms with E-state index in [1.54, 1.807) is 12.1 Å². The average Bonchev–Trinajstić information content (AvgIpc) is 2.26. The highest BCUT2D eigenvalue weighted by atomic mass is 16.7. The van der Waals surface area contributed by atoms with Crippen LogP contribution in [0.5, 0.6) is 0 Å². The Bertz CT molecular complexity index is 531. The summed E-state index contributed by atoms with van der Waals surface area (Å²) in [5.41, 5.74) is 1.57. The third-order valence-electron chi connectivity index (χ3n) is 2.43. The molecule has 100 valence electrons. The summed E-state index contributed by atoms with van der Waals surface area (Å²) in [6.07, 6.45) is 0. The van der Waals surface area contributed by atoms with Crippen LogP contribution in [0.4, 0.5) is 5.69 Å². The summed E-state index contributed by atoms with van der Waals surface area (Å²) in [7, 11) is 0. The van der Waals surface area contributed by atoms with Gasteiger partial charge in [0.1, 0.15) is 0 Å². The third kappa shape index (κ3) is 3.15. The van der Waals surface area contributed by atoms with Crippen LogP contribution in [0.25, 0.3) is 0 Å². The second-order valence-corrected chi connectivity index (χ2v) is 4.70. The zero-order valence-corrected chi connectivity index (χ0v) is 10.9. The maximum absolute atomic E-state index is 11.6. The summed E-state index contributed by atoms with van der Waals surface area (Å²) < 4.78 is 9.87. The van der Waals surface area contributed by atoms with Gasteiger partial charge in [-0.1, -0.05) is 12.1 Å². The van der Waals surface area contributed by atoms with Gasteiger partial charge >= 0.3 is 11.9 Å². The molecule has 0 saturated carbocycles. The average molecular weight is 262 g/mol. The predicted octanol–water partition coefficient (Wildman–Crippen LogP) is 2.28. The Balaban J connectivity index is 2.15. The van der Waals surface area contributed by atoms with Crippen molar-refractivity contribution in [2.75, 3.05) is 0 Å². The molecule has 1 fully saturated rings. The van der Waals surface area contributed by atoms with E-state index >= 15 is 0 Å². The van der Waals surface area contributed by atoms with Gasteiger partial charge in [0, 0.05) is 13.8 Å². The Morgan fingerprint density at radius 3 is 2.37 bits per heavy atom. The molecular formula is C13H14N2O4. The molecule has 0 aromatic heterocycles. The first-order chi connectivity index (χ1) is 8.87. The molecule has 0 N–H and O–H groups in total. The van der Waals surface area contributed by atoms with E-state index in [2.05, 4.69) is 10.2 Å². The molecule has 1 aliphatic rings. The first-order valence-electron chi connectivity index (χ1n) is 5.81. The summed E-state index contributed by atoms with van der Waals surface area (Å²) >= 11 is 0. The Morgan fingerprint density at radius 2 is 1.79 bits per heavy atom. The number of nitrogens with zero attached hydrogens (tertiary/aromatic N) is 2. The first-order valence-corrected chi connectivity index (χ1v) is 5.81. The minimum absolute atomic E-state index is 0.561. The van der Waals surface area contributed by atoms with Gasteiger partial charge in [0.2, 0.25) is 0 Å². The van der Waals surface area contributed by atoms with Gasteiger partial charge in [-0.3, -0.25) is 0 Å². The highest BCUT2D eigenvalue weighted by Gasteiger charge is 2.43. The summed E-state index contributed by atoms with van der Waals surface area (Å²) in [6.45, 7) is 4.87. The number of hydrogen-bond donors (Lipinski definition) is 0. The van der Waals surface area contributed by atoms with E-state index in [9.17, 15) is 9.59 Å². The van der Waals surface area contributed by atoms with Crippen molar-refractivity contribution in [1.82, 2.24) is 0 Å². The monoisotopic (exact) mass is 262 g/mol. The highest BCUT2D eigenvalue weighted by molar-refractivity contribution is 6.01. The number of ether oxygens (including phenoxy) is 2. The van der Waals surface area contributed by atoms with Gasteiger partial charge in [0.05, 0.1) is 5.69 Å². The summed E-state index contributed by atoms with van der Waals surface area (Å²) in [6, 6.07) is 5.87. The van der Waals surface area contributed by atoms with Crippen LogP contribution >= 0.6 is 0 Å². The molecule has 0 amide bonds. The van der Waals surface area contributed by atoms with E-state index in [-0.39, 0.29) is 0 Å². The quantitative estimate of drug-likeness (QED) is 0.465. The SMILES string of the molecule is Cc1cccc(N=NC2C(=O)OC(C)(C)OC2=O)c1. The second-order valence-electron chi connectivity index (χ2n) is 4.70. The molecule has 1 aromatic rings. The largest absolute Gasteiger partial charge is 0.421 e. The van der Waals surface area contributed by atoms with Crippen LogP contribution in [0, 0.1) is 6.92 Å². The molecule has 0 spiro atoms. The molecule has 19 heavy (non-hydrogen) atoms. The highest BCUT2D eigenvalue weighted by Crippen LogP contribution is 2.22. The molecule has 6 nitrogen and oxygen atoms in total. The lowest BCUT2D eigenvalue weighted by molar-refractivity contribution is -0.234. The van der Waals surface area contributed by atoms with Crippen LogP contribution < -0.4 is 0 Å². The smallest absolute Gasteiger partial charge is 0.347 e. The molecule has 0 aliphatic carbocycles. The van der Waals surface area contributed by atoms with Crippen LogP contribution in [-0.2, 0) is 19.1 Å². The topological polar surface area (TPSA) is 77.3 Å². The van der Waals surface area contributed by atoms with Crippen molar-refractivity contribution in [2.45, 2.75) is 32.6 Å². The summed E-state index contributed by atoms with van der Waals surface area (Å²) in [4.78, 5) is 23.3. The molecule has 2 rings (SSSR count). The third-order valence-corrected chi connectivity index (χ3v) is 2.43. The molecule has 0 bridgehead atoms. The van der Waals surface area contributed by atoms with E-state index in [0.29, 0.717) is 5.69 Å². The normalized spacial score (nSPS) is 19.3. The van der Waals surface area contributed by atoms with Crippen molar-refractivity contribution in [3.05, 3.63) is 29.8 Å². The molecule has 1 saturated heterocycles. The van der Waals surface area contributed by atoms with Gasteiger partial charge < -0.3 is 9.47 Å². The Labute approximate surface area is 110 Å². The number of aryl methyl sites for hydroxylation is 1. The van der Waals surface area contributed by atoms with Crippen molar-refractivity contribution in [1.29, 1.82) is 0 Å². The van der Waals surface area contributed by atoms with E-state index in [1.165, 1.54) is 13.8 Å². The summed E-state index contributed by atoms with van der Waals surface area (Å²) in [5, 5.41) is 7.56. The summed E-state index contributed by atoms with van der Waals surface area (Å²) in [5.74, 6) is -2.75. The minimum Gasteiger partial charge on any atom is -0.421 e. The van der Waals surface area contributed by atoms with Gasteiger partial charge in [-0.15, -0.1) is 0 Å². The first kappa shape index (κ1) is 13.2. The number of benzene rings is 1. The molecule has 1 heterocycles. The van der Waals surface area contributed by atoms with Gasteiger partial charge in [0.25, 0.3) is 11.8 Å². The zero-order valence-electron chi connectivity index (χ0n) is 10.9. The molecule has 0 unspecified atom stereocenters. The van der Waals surface area contributed by atoms with E-state index in [1.807, 2.05) is 19.1 Å². The van der Waals surface area contributed by atoms with Gasteiger partial charge in [-0.25, -0.2) is 9.59 Å². The fourth-order valence-corrected chi connectivity index (χ4v) is 1.62. The Kier molecular flexibility index (Phi) is 3.33. The predicted molar refractivity (Wildman–Crippen MR) is 65.7 cm³/mol. The molecule has 6 heteroatoms. The number of esters is 2. The second kappa shape index (κ2) is 4.79. The van der Waals surface area contributed by atoms with Crippen molar-refractivity contribution < 1.29 is 19.1 Å². The van der Waals surface area contributed by atoms with Crippen LogP contribution in [0.15, 0.2) is 34.5 Å². The van der Waals surface area contributed by atoms with E-state index in [4.69, 9.17) is 9.47 Å². The van der Waals surface area contributed by atoms with Crippen molar-refractivity contribution in [2.24, 2.45) is 10.2 Å². The van der Waals surface area contributed by atoms with Crippen LogP contribution in [0.2, 0.25) is 0 Å². The number of cyclic esters (lactones) is 2. The fraction of sp³-hybridized carbons (Fsp3) is 0.385. The van der Waals surface area contributed by atoms with Gasteiger partial charge in [-0.2, -0.15) is 10.2 Å². The van der Waals surface area contributed by atoms with E-state index in [0.717, 1.165) is 5.56 Å². The number of rotatable bonds is 2. The standard InChI is InChI=1S/C13H14N2O4/c1-8-5-4-6-9(7-8)14-15-10-11(16)18-13(2,3)19-12(10)17/h4-7,10H,1-3H3. The Hall–Kier alpha value is -2.24. The molecule has 0 radical (unpaired) electrons. The number of azo groups is 1. The van der Waals surface area contributed by atoms with Crippen LogP contribution in [0.3, 0.4) is 0 Å². The van der Waals surface area contributed by atoms with Crippen LogP contribution in [0.1, 0.15) is 19.4 Å².